The number of urea groups is 1. The van der Waals surface area contributed by atoms with E-state index in [0.717, 1.165) is 12.0 Å². The Balaban J connectivity index is 2.38. The van der Waals surface area contributed by atoms with E-state index in [1.165, 1.54) is 0 Å². The van der Waals surface area contributed by atoms with Gasteiger partial charge in [-0.05, 0) is 18.1 Å². The van der Waals surface area contributed by atoms with E-state index in [9.17, 15) is 9.90 Å². The third kappa shape index (κ3) is 1.51. The minimum atomic E-state index is -0.130. The van der Waals surface area contributed by atoms with Crippen molar-refractivity contribution in [2.24, 2.45) is 0 Å². The Morgan fingerprint density at radius 1 is 1.50 bits per heavy atom. The van der Waals surface area contributed by atoms with Crippen molar-refractivity contribution >= 4 is 11.7 Å². The maximum atomic E-state index is 11.4. The van der Waals surface area contributed by atoms with Crippen LogP contribution in [0.25, 0.3) is 0 Å². The lowest BCUT2D eigenvalue weighted by atomic mass is 10.1. The Hall–Kier alpha value is -1.71. The van der Waals surface area contributed by atoms with E-state index in [1.807, 2.05) is 6.07 Å². The molecule has 1 aromatic rings. The summed E-state index contributed by atoms with van der Waals surface area (Å²) in [7, 11) is 1.75. The Morgan fingerprint density at radius 2 is 2.29 bits per heavy atom. The number of hydrogen-bond acceptors (Lipinski definition) is 2. The Bertz CT molecular complexity index is 376. The molecule has 0 saturated heterocycles. The van der Waals surface area contributed by atoms with E-state index in [-0.39, 0.29) is 11.8 Å². The number of aromatic hydroxyl groups is 1. The van der Waals surface area contributed by atoms with Crippen LogP contribution in [0.5, 0.6) is 5.75 Å². The normalized spacial score (nSPS) is 15.8. The molecule has 1 heterocycles. The summed E-state index contributed by atoms with van der Waals surface area (Å²) in [5.41, 5.74) is 1.76. The number of likely N-dealkylation sites (N-methyl/N-ethyl adjacent to an activating group) is 1. The zero-order valence-electron chi connectivity index (χ0n) is 7.95. The molecule has 0 unspecified atom stereocenters. The number of fused-ring (bicyclic) bond motifs is 1. The fourth-order valence-corrected chi connectivity index (χ4v) is 1.50. The van der Waals surface area contributed by atoms with E-state index in [1.54, 1.807) is 24.1 Å². The maximum Gasteiger partial charge on any atom is 0.321 e. The molecule has 1 aliphatic rings. The summed E-state index contributed by atoms with van der Waals surface area (Å²) in [6.45, 7) is 0.698. The second kappa shape index (κ2) is 3.21. The summed E-state index contributed by atoms with van der Waals surface area (Å²) in [4.78, 5) is 13.0. The number of amides is 2. The van der Waals surface area contributed by atoms with Gasteiger partial charge in [0.2, 0.25) is 0 Å². The molecule has 4 heteroatoms. The van der Waals surface area contributed by atoms with Gasteiger partial charge in [0, 0.05) is 25.3 Å². The minimum Gasteiger partial charge on any atom is -0.508 e. The van der Waals surface area contributed by atoms with Crippen LogP contribution in [0.1, 0.15) is 5.56 Å². The summed E-state index contributed by atoms with van der Waals surface area (Å²) in [5, 5.41) is 12.0. The lowest BCUT2D eigenvalue weighted by Gasteiger charge is -2.12. The SMILES string of the molecule is CN1CCc2ccc(O)cc2NC1=O. The number of phenols is 1. The number of carbonyl (C=O) groups excluding carboxylic acids is 1. The lowest BCUT2D eigenvalue weighted by Crippen LogP contribution is -2.30. The summed E-state index contributed by atoms with van der Waals surface area (Å²) in [6.07, 6.45) is 0.810. The molecule has 0 aromatic heterocycles. The highest BCUT2D eigenvalue weighted by atomic mass is 16.3. The largest absolute Gasteiger partial charge is 0.508 e. The van der Waals surface area contributed by atoms with Crippen molar-refractivity contribution in [1.82, 2.24) is 4.90 Å². The molecule has 0 spiro atoms. The van der Waals surface area contributed by atoms with Crippen molar-refractivity contribution in [1.29, 1.82) is 0 Å². The van der Waals surface area contributed by atoms with Gasteiger partial charge >= 0.3 is 6.03 Å². The quantitative estimate of drug-likeness (QED) is 0.653. The Labute approximate surface area is 82.2 Å². The van der Waals surface area contributed by atoms with Crippen LogP contribution in [0, 0.1) is 0 Å². The van der Waals surface area contributed by atoms with Crippen molar-refractivity contribution < 1.29 is 9.90 Å². The summed E-state index contributed by atoms with van der Waals surface area (Å²) >= 11 is 0. The van der Waals surface area contributed by atoms with E-state index < -0.39 is 0 Å². The lowest BCUT2D eigenvalue weighted by molar-refractivity contribution is 0.224. The standard InChI is InChI=1S/C10H12N2O2/c1-12-5-4-7-2-3-8(13)6-9(7)11-10(12)14/h2-3,6,13H,4-5H2,1H3,(H,11,14). The smallest absolute Gasteiger partial charge is 0.321 e. The molecular formula is C10H12N2O2. The summed E-state index contributed by atoms with van der Waals surface area (Å²) in [5.74, 6) is 0.175. The molecule has 0 aliphatic carbocycles. The van der Waals surface area contributed by atoms with Crippen molar-refractivity contribution in [2.75, 3.05) is 18.9 Å². The van der Waals surface area contributed by atoms with Gasteiger partial charge in [-0.25, -0.2) is 4.79 Å². The molecule has 0 fully saturated rings. The van der Waals surface area contributed by atoms with E-state index in [0.29, 0.717) is 12.2 Å². The first-order valence-corrected chi connectivity index (χ1v) is 4.51. The molecule has 74 valence electrons. The fourth-order valence-electron chi connectivity index (χ4n) is 1.50. The van der Waals surface area contributed by atoms with Gasteiger partial charge in [0.05, 0.1) is 0 Å². The number of rotatable bonds is 0. The predicted octanol–water partition coefficient (Wildman–Crippen LogP) is 1.41. The molecule has 1 aliphatic heterocycles. The average Bonchev–Trinajstić information content (AvgIpc) is 2.27. The van der Waals surface area contributed by atoms with E-state index in [2.05, 4.69) is 5.32 Å². The second-order valence-corrected chi connectivity index (χ2v) is 3.44. The van der Waals surface area contributed by atoms with Gasteiger partial charge in [0.25, 0.3) is 0 Å². The average molecular weight is 192 g/mol. The van der Waals surface area contributed by atoms with Crippen LogP contribution in [0.4, 0.5) is 10.5 Å². The monoisotopic (exact) mass is 192 g/mol. The van der Waals surface area contributed by atoms with Crippen molar-refractivity contribution in [3.63, 3.8) is 0 Å². The van der Waals surface area contributed by atoms with Gasteiger partial charge in [-0.15, -0.1) is 0 Å². The number of benzene rings is 1. The van der Waals surface area contributed by atoms with Crippen molar-refractivity contribution in [2.45, 2.75) is 6.42 Å². The number of hydrogen-bond donors (Lipinski definition) is 2. The number of nitrogens with one attached hydrogen (secondary N) is 1. The highest BCUT2D eigenvalue weighted by Gasteiger charge is 2.16. The van der Waals surface area contributed by atoms with Gasteiger partial charge in [-0.2, -0.15) is 0 Å². The number of carbonyl (C=O) groups is 1. The first-order chi connectivity index (χ1) is 6.66. The third-order valence-electron chi connectivity index (χ3n) is 2.40. The molecular weight excluding hydrogens is 180 g/mol. The topological polar surface area (TPSA) is 52.6 Å². The van der Waals surface area contributed by atoms with Crippen LogP contribution in [0.2, 0.25) is 0 Å². The molecule has 0 radical (unpaired) electrons. The second-order valence-electron chi connectivity index (χ2n) is 3.44. The first kappa shape index (κ1) is 8.87. The van der Waals surface area contributed by atoms with Crippen LogP contribution in [-0.2, 0) is 6.42 Å². The molecule has 0 saturated carbocycles. The maximum absolute atomic E-state index is 11.4. The third-order valence-corrected chi connectivity index (χ3v) is 2.40. The summed E-state index contributed by atoms with van der Waals surface area (Å²) < 4.78 is 0. The van der Waals surface area contributed by atoms with Gasteiger partial charge < -0.3 is 15.3 Å². The van der Waals surface area contributed by atoms with Crippen molar-refractivity contribution in [3.05, 3.63) is 23.8 Å². The number of anilines is 1. The Morgan fingerprint density at radius 3 is 3.07 bits per heavy atom. The molecule has 0 bridgehead atoms. The van der Waals surface area contributed by atoms with Crippen LogP contribution in [0.3, 0.4) is 0 Å². The molecule has 14 heavy (non-hydrogen) atoms. The Kier molecular flexibility index (Phi) is 2.04. The van der Waals surface area contributed by atoms with Crippen LogP contribution >= 0.6 is 0 Å². The van der Waals surface area contributed by atoms with Crippen LogP contribution in [0.15, 0.2) is 18.2 Å². The predicted molar refractivity (Wildman–Crippen MR) is 53.5 cm³/mol. The van der Waals surface area contributed by atoms with Gasteiger partial charge in [-0.1, -0.05) is 6.07 Å². The fraction of sp³-hybridized carbons (Fsp3) is 0.300. The highest BCUT2D eigenvalue weighted by Crippen LogP contribution is 2.24. The van der Waals surface area contributed by atoms with E-state index in [4.69, 9.17) is 0 Å². The van der Waals surface area contributed by atoms with Gasteiger partial charge in [0.1, 0.15) is 5.75 Å². The number of phenolic OH excluding ortho intramolecular Hbond substituents is 1. The highest BCUT2D eigenvalue weighted by molar-refractivity contribution is 5.91. The number of nitrogens with zero attached hydrogens (tertiary/aromatic N) is 1. The molecule has 2 amide bonds. The van der Waals surface area contributed by atoms with Crippen LogP contribution in [-0.4, -0.2) is 29.6 Å². The molecule has 2 N–H and O–H groups in total. The molecule has 2 rings (SSSR count). The van der Waals surface area contributed by atoms with Gasteiger partial charge in [0.15, 0.2) is 0 Å². The van der Waals surface area contributed by atoms with Gasteiger partial charge in [-0.3, -0.25) is 0 Å². The zero-order valence-corrected chi connectivity index (χ0v) is 7.95. The molecule has 4 nitrogen and oxygen atoms in total. The van der Waals surface area contributed by atoms with E-state index >= 15 is 0 Å². The van der Waals surface area contributed by atoms with Crippen LogP contribution < -0.4 is 5.32 Å². The molecule has 1 aromatic carbocycles. The minimum absolute atomic E-state index is 0.130. The molecule has 0 atom stereocenters. The summed E-state index contributed by atoms with van der Waals surface area (Å²) in [6, 6.07) is 4.92. The van der Waals surface area contributed by atoms with Crippen molar-refractivity contribution in [3.8, 4) is 5.75 Å². The zero-order chi connectivity index (χ0) is 10.1. The first-order valence-electron chi connectivity index (χ1n) is 4.51.